The Morgan fingerprint density at radius 2 is 2.25 bits per heavy atom. The molecule has 1 aliphatic heterocycles. The molecule has 1 aromatic heterocycles. The number of nitrogens with zero attached hydrogens (tertiary/aromatic N) is 3. The van der Waals surface area contributed by atoms with E-state index in [0.717, 1.165) is 23.4 Å². The summed E-state index contributed by atoms with van der Waals surface area (Å²) < 4.78 is 17.0. The molecule has 2 N–H and O–H groups in total. The fourth-order valence-electron chi connectivity index (χ4n) is 2.70. The molecule has 4 nitrogen and oxygen atoms in total. The molecule has 2 aromatic rings. The van der Waals surface area contributed by atoms with Crippen LogP contribution in [0.15, 0.2) is 35.1 Å². The Morgan fingerprint density at radius 3 is 3.00 bits per heavy atom. The molecule has 106 valence electrons. The summed E-state index contributed by atoms with van der Waals surface area (Å²) in [5, 5.41) is 0. The van der Waals surface area contributed by atoms with Crippen molar-refractivity contribution in [2.24, 2.45) is 5.73 Å². The third kappa shape index (κ3) is 2.51. The Kier molecular flexibility index (Phi) is 3.87. The van der Waals surface area contributed by atoms with Crippen molar-refractivity contribution in [3.8, 4) is 0 Å². The molecule has 1 aliphatic rings. The maximum Gasteiger partial charge on any atom is 0.129 e. The zero-order valence-corrected chi connectivity index (χ0v) is 12.6. The van der Waals surface area contributed by atoms with Crippen LogP contribution in [-0.4, -0.2) is 27.5 Å². The largest absolute Gasteiger partial charge is 0.333 e. The number of halogens is 2. The van der Waals surface area contributed by atoms with Gasteiger partial charge < -0.3 is 10.3 Å². The Bertz CT molecular complexity index is 613. The van der Waals surface area contributed by atoms with Crippen molar-refractivity contribution >= 4 is 15.9 Å². The van der Waals surface area contributed by atoms with E-state index < -0.39 is 0 Å². The van der Waals surface area contributed by atoms with Crippen molar-refractivity contribution in [1.82, 2.24) is 14.5 Å². The smallest absolute Gasteiger partial charge is 0.129 e. The number of hydrogen-bond donors (Lipinski definition) is 1. The SMILES string of the molecule is NCC(c1ccc(Br)cc1F)N1CCn2ccnc2C1. The molecular weight excluding hydrogens is 323 g/mol. The van der Waals surface area contributed by atoms with Crippen molar-refractivity contribution < 1.29 is 4.39 Å². The molecule has 0 fully saturated rings. The summed E-state index contributed by atoms with van der Waals surface area (Å²) in [6, 6.07) is 5.03. The molecule has 20 heavy (non-hydrogen) atoms. The lowest BCUT2D eigenvalue weighted by Crippen LogP contribution is -2.40. The first-order valence-corrected chi connectivity index (χ1v) is 7.37. The van der Waals surface area contributed by atoms with Crippen LogP contribution in [0, 0.1) is 5.82 Å². The highest BCUT2D eigenvalue weighted by molar-refractivity contribution is 9.10. The van der Waals surface area contributed by atoms with Crippen LogP contribution < -0.4 is 5.73 Å². The minimum absolute atomic E-state index is 0.117. The first kappa shape index (κ1) is 13.7. The van der Waals surface area contributed by atoms with E-state index in [4.69, 9.17) is 5.73 Å². The number of imidazole rings is 1. The third-order valence-corrected chi connectivity index (χ3v) is 4.25. The maximum atomic E-state index is 14.1. The fraction of sp³-hybridized carbons (Fsp3) is 0.357. The van der Waals surface area contributed by atoms with Gasteiger partial charge in [0.1, 0.15) is 11.6 Å². The van der Waals surface area contributed by atoms with Gasteiger partial charge in [-0.1, -0.05) is 22.0 Å². The van der Waals surface area contributed by atoms with E-state index in [-0.39, 0.29) is 11.9 Å². The Hall–Kier alpha value is -1.24. The summed E-state index contributed by atoms with van der Waals surface area (Å²) in [6.45, 7) is 2.80. The van der Waals surface area contributed by atoms with Crippen LogP contribution in [0.1, 0.15) is 17.4 Å². The summed E-state index contributed by atoms with van der Waals surface area (Å²) in [6.07, 6.45) is 3.78. The zero-order valence-electron chi connectivity index (χ0n) is 11.0. The first-order valence-electron chi connectivity index (χ1n) is 6.58. The molecule has 3 rings (SSSR count). The van der Waals surface area contributed by atoms with E-state index >= 15 is 0 Å². The van der Waals surface area contributed by atoms with Crippen LogP contribution >= 0.6 is 15.9 Å². The standard InChI is InChI=1S/C14H16BrFN4/c15-10-1-2-11(12(16)7-10)13(8-17)20-6-5-19-4-3-18-14(19)9-20/h1-4,7,13H,5-6,8-9,17H2. The molecule has 0 amide bonds. The lowest BCUT2D eigenvalue weighted by molar-refractivity contribution is 0.153. The number of nitrogens with two attached hydrogens (primary N) is 1. The summed E-state index contributed by atoms with van der Waals surface area (Å²) in [4.78, 5) is 6.52. The predicted octanol–water partition coefficient (Wildman–Crippen LogP) is 2.30. The number of benzene rings is 1. The molecule has 0 bridgehead atoms. The van der Waals surface area contributed by atoms with Gasteiger partial charge >= 0.3 is 0 Å². The molecule has 0 saturated heterocycles. The van der Waals surface area contributed by atoms with E-state index in [1.165, 1.54) is 6.07 Å². The van der Waals surface area contributed by atoms with Crippen LogP contribution in [0.25, 0.3) is 0 Å². The van der Waals surface area contributed by atoms with E-state index in [0.29, 0.717) is 18.7 Å². The van der Waals surface area contributed by atoms with Gasteiger partial charge in [0.05, 0.1) is 12.6 Å². The number of fused-ring (bicyclic) bond motifs is 1. The molecule has 0 saturated carbocycles. The van der Waals surface area contributed by atoms with Crippen LogP contribution in [0.2, 0.25) is 0 Å². The van der Waals surface area contributed by atoms with Gasteiger partial charge in [0, 0.05) is 42.1 Å². The molecule has 0 aliphatic carbocycles. The molecule has 2 heterocycles. The number of hydrogen-bond acceptors (Lipinski definition) is 3. The predicted molar refractivity (Wildman–Crippen MR) is 78.5 cm³/mol. The molecular formula is C14H16BrFN4. The minimum atomic E-state index is -0.219. The van der Waals surface area contributed by atoms with Gasteiger partial charge in [0.2, 0.25) is 0 Å². The molecule has 1 aromatic carbocycles. The molecule has 0 radical (unpaired) electrons. The average molecular weight is 339 g/mol. The highest BCUT2D eigenvalue weighted by Crippen LogP contribution is 2.27. The van der Waals surface area contributed by atoms with Crippen LogP contribution in [-0.2, 0) is 13.1 Å². The van der Waals surface area contributed by atoms with Gasteiger partial charge in [-0.15, -0.1) is 0 Å². The second-order valence-corrected chi connectivity index (χ2v) is 5.84. The summed E-state index contributed by atoms with van der Waals surface area (Å²) in [7, 11) is 0. The molecule has 0 spiro atoms. The second kappa shape index (κ2) is 5.63. The van der Waals surface area contributed by atoms with E-state index in [1.54, 1.807) is 12.3 Å². The molecule has 1 atom stereocenters. The van der Waals surface area contributed by atoms with E-state index in [9.17, 15) is 4.39 Å². The van der Waals surface area contributed by atoms with Crippen molar-refractivity contribution in [2.45, 2.75) is 19.1 Å². The number of aromatic nitrogens is 2. The van der Waals surface area contributed by atoms with Gasteiger partial charge in [-0.25, -0.2) is 9.37 Å². The third-order valence-electron chi connectivity index (χ3n) is 3.76. The van der Waals surface area contributed by atoms with Gasteiger partial charge in [0.25, 0.3) is 0 Å². The highest BCUT2D eigenvalue weighted by atomic mass is 79.9. The first-order chi connectivity index (χ1) is 9.69. The molecule has 1 unspecified atom stereocenters. The fourth-order valence-corrected chi connectivity index (χ4v) is 3.04. The van der Waals surface area contributed by atoms with Crippen LogP contribution in [0.3, 0.4) is 0 Å². The van der Waals surface area contributed by atoms with E-state index in [2.05, 4.69) is 30.4 Å². The van der Waals surface area contributed by atoms with Crippen molar-refractivity contribution in [3.05, 3.63) is 52.3 Å². The van der Waals surface area contributed by atoms with Crippen molar-refractivity contribution in [2.75, 3.05) is 13.1 Å². The monoisotopic (exact) mass is 338 g/mol. The minimum Gasteiger partial charge on any atom is -0.333 e. The van der Waals surface area contributed by atoms with Crippen LogP contribution in [0.5, 0.6) is 0 Å². The quantitative estimate of drug-likeness (QED) is 0.934. The van der Waals surface area contributed by atoms with Crippen LogP contribution in [0.4, 0.5) is 4.39 Å². The van der Waals surface area contributed by atoms with Gasteiger partial charge in [-0.2, -0.15) is 0 Å². The van der Waals surface area contributed by atoms with Gasteiger partial charge in [0.15, 0.2) is 0 Å². The lowest BCUT2D eigenvalue weighted by atomic mass is 10.0. The summed E-state index contributed by atoms with van der Waals surface area (Å²) in [5.41, 5.74) is 6.54. The summed E-state index contributed by atoms with van der Waals surface area (Å²) >= 11 is 3.28. The second-order valence-electron chi connectivity index (χ2n) is 4.92. The average Bonchev–Trinajstić information content (AvgIpc) is 2.89. The topological polar surface area (TPSA) is 47.1 Å². The van der Waals surface area contributed by atoms with Gasteiger partial charge in [-0.05, 0) is 12.1 Å². The van der Waals surface area contributed by atoms with Crippen molar-refractivity contribution in [3.63, 3.8) is 0 Å². The normalized spacial score (nSPS) is 16.9. The number of rotatable bonds is 3. The summed E-state index contributed by atoms with van der Waals surface area (Å²) in [5.74, 6) is 0.788. The lowest BCUT2D eigenvalue weighted by Gasteiger charge is -2.34. The highest BCUT2D eigenvalue weighted by Gasteiger charge is 2.26. The zero-order chi connectivity index (χ0) is 14.1. The van der Waals surface area contributed by atoms with Gasteiger partial charge in [-0.3, -0.25) is 4.90 Å². The van der Waals surface area contributed by atoms with Crippen molar-refractivity contribution in [1.29, 1.82) is 0 Å². The Balaban J connectivity index is 1.87. The van der Waals surface area contributed by atoms with E-state index in [1.807, 2.05) is 12.3 Å². The Labute approximate surface area is 125 Å². The maximum absolute atomic E-state index is 14.1. The Morgan fingerprint density at radius 1 is 1.40 bits per heavy atom. The molecule has 6 heteroatoms.